The third kappa shape index (κ3) is 3.33. The number of primary amides is 1. The van der Waals surface area contributed by atoms with Gasteiger partial charge in [0.25, 0.3) is 5.91 Å². The topological polar surface area (TPSA) is 122 Å². The normalized spacial score (nSPS) is 9.65. The van der Waals surface area contributed by atoms with Crippen molar-refractivity contribution in [2.75, 3.05) is 11.9 Å². The van der Waals surface area contributed by atoms with Gasteiger partial charge in [0.1, 0.15) is 11.4 Å². The van der Waals surface area contributed by atoms with Crippen LogP contribution in [0.5, 0.6) is 0 Å². The number of hydrogen-bond donors (Lipinski definition) is 2. The van der Waals surface area contributed by atoms with E-state index in [0.717, 1.165) is 11.3 Å². The average molecular weight is 295 g/mol. The molecule has 0 aliphatic heterocycles. The highest BCUT2D eigenvalue weighted by Crippen LogP contribution is 2.33. The molecule has 0 aliphatic carbocycles. The van der Waals surface area contributed by atoms with Crippen molar-refractivity contribution in [1.29, 1.82) is 5.26 Å². The summed E-state index contributed by atoms with van der Waals surface area (Å²) in [6, 6.07) is 1.69. The van der Waals surface area contributed by atoms with Gasteiger partial charge in [0.15, 0.2) is 0 Å². The van der Waals surface area contributed by atoms with Crippen LogP contribution in [0.2, 0.25) is 0 Å². The lowest BCUT2D eigenvalue weighted by molar-refractivity contribution is -0.115. The molecule has 8 heteroatoms. The van der Waals surface area contributed by atoms with Gasteiger partial charge in [-0.2, -0.15) is 5.26 Å². The average Bonchev–Trinajstić information content (AvgIpc) is 2.66. The summed E-state index contributed by atoms with van der Waals surface area (Å²) in [5, 5.41) is 11.0. The van der Waals surface area contributed by atoms with Crippen LogP contribution in [0, 0.1) is 18.3 Å². The molecule has 20 heavy (non-hydrogen) atoms. The van der Waals surface area contributed by atoms with Crippen molar-refractivity contribution in [3.63, 3.8) is 0 Å². The van der Waals surface area contributed by atoms with Crippen LogP contribution in [0.25, 0.3) is 0 Å². The largest absolute Gasteiger partial charge is 0.462 e. The molecule has 0 bridgehead atoms. The van der Waals surface area contributed by atoms with Gasteiger partial charge in [-0.05, 0) is 19.4 Å². The lowest BCUT2D eigenvalue weighted by atomic mass is 10.1. The van der Waals surface area contributed by atoms with Crippen molar-refractivity contribution in [2.45, 2.75) is 20.3 Å². The number of carbonyl (C=O) groups excluding carboxylic acids is 3. The third-order valence-corrected chi connectivity index (χ3v) is 3.56. The van der Waals surface area contributed by atoms with Crippen LogP contribution in [0.3, 0.4) is 0 Å². The Hall–Kier alpha value is -2.40. The van der Waals surface area contributed by atoms with Crippen molar-refractivity contribution in [2.24, 2.45) is 5.73 Å². The molecule has 0 radical (unpaired) electrons. The smallest absolute Gasteiger partial charge is 0.341 e. The van der Waals surface area contributed by atoms with Gasteiger partial charge in [-0.3, -0.25) is 9.59 Å². The maximum atomic E-state index is 11.9. The van der Waals surface area contributed by atoms with Gasteiger partial charge in [-0.25, -0.2) is 4.79 Å². The Kier molecular flexibility index (Phi) is 5.23. The summed E-state index contributed by atoms with van der Waals surface area (Å²) in [7, 11) is 0. The number of nitrogens with two attached hydrogens (primary N) is 1. The molecule has 0 aromatic carbocycles. The van der Waals surface area contributed by atoms with Crippen molar-refractivity contribution < 1.29 is 19.1 Å². The van der Waals surface area contributed by atoms with Crippen LogP contribution in [-0.4, -0.2) is 24.4 Å². The maximum absolute atomic E-state index is 11.9. The highest BCUT2D eigenvalue weighted by atomic mass is 32.1. The zero-order valence-electron chi connectivity index (χ0n) is 11.0. The first kappa shape index (κ1) is 15.7. The molecule has 0 atom stereocenters. The van der Waals surface area contributed by atoms with Crippen molar-refractivity contribution in [1.82, 2.24) is 0 Å². The SMILES string of the molecule is CCOC(=O)c1c(NC(=O)CC#N)sc(C(N)=O)c1C. The highest BCUT2D eigenvalue weighted by molar-refractivity contribution is 7.18. The van der Waals surface area contributed by atoms with E-state index in [9.17, 15) is 14.4 Å². The van der Waals surface area contributed by atoms with Gasteiger partial charge in [0.05, 0.1) is 23.1 Å². The van der Waals surface area contributed by atoms with Gasteiger partial charge >= 0.3 is 5.97 Å². The molecule has 0 aliphatic rings. The van der Waals surface area contributed by atoms with Crippen molar-refractivity contribution >= 4 is 34.1 Å². The Morgan fingerprint density at radius 1 is 1.45 bits per heavy atom. The molecule has 3 N–H and O–H groups in total. The number of rotatable bonds is 5. The molecule has 7 nitrogen and oxygen atoms in total. The molecule has 0 fully saturated rings. The van der Waals surface area contributed by atoms with Gasteiger partial charge in [0, 0.05) is 0 Å². The Bertz CT molecular complexity index is 601. The predicted octanol–water partition coefficient (Wildman–Crippen LogP) is 1.18. The number of nitrogens with zero attached hydrogens (tertiary/aromatic N) is 1. The second-order valence-electron chi connectivity index (χ2n) is 3.73. The highest BCUT2D eigenvalue weighted by Gasteiger charge is 2.25. The lowest BCUT2D eigenvalue weighted by Crippen LogP contribution is -2.14. The number of hydrogen-bond acceptors (Lipinski definition) is 6. The first-order chi connectivity index (χ1) is 9.42. The fourth-order valence-corrected chi connectivity index (χ4v) is 2.59. The number of anilines is 1. The summed E-state index contributed by atoms with van der Waals surface area (Å²) >= 11 is 0.886. The van der Waals surface area contributed by atoms with E-state index in [-0.39, 0.29) is 28.5 Å². The molecule has 0 saturated heterocycles. The summed E-state index contributed by atoms with van der Waals surface area (Å²) in [5.74, 6) is -1.92. The van der Waals surface area contributed by atoms with Crippen LogP contribution in [0.1, 0.15) is 38.9 Å². The number of nitriles is 1. The minimum Gasteiger partial charge on any atom is -0.462 e. The zero-order chi connectivity index (χ0) is 15.3. The Labute approximate surface area is 119 Å². The number of thiophene rings is 1. The van der Waals surface area contributed by atoms with E-state index in [4.69, 9.17) is 15.7 Å². The van der Waals surface area contributed by atoms with Gasteiger partial charge in [-0.1, -0.05) is 0 Å². The molecular formula is C12H13N3O4S. The summed E-state index contributed by atoms with van der Waals surface area (Å²) in [6.07, 6.45) is -0.356. The molecule has 1 aromatic heterocycles. The number of esters is 1. The Morgan fingerprint density at radius 2 is 2.10 bits per heavy atom. The monoisotopic (exact) mass is 295 g/mol. The van der Waals surface area contributed by atoms with Crippen LogP contribution in [0.15, 0.2) is 0 Å². The summed E-state index contributed by atoms with van der Waals surface area (Å²) in [5.41, 5.74) is 5.66. The fraction of sp³-hybridized carbons (Fsp3) is 0.333. The minimum absolute atomic E-state index is 0.0944. The first-order valence-corrected chi connectivity index (χ1v) is 6.51. The van der Waals surface area contributed by atoms with E-state index in [2.05, 4.69) is 5.32 Å². The molecule has 0 unspecified atom stereocenters. The van der Waals surface area contributed by atoms with E-state index >= 15 is 0 Å². The number of nitrogens with one attached hydrogen (secondary N) is 1. The Balaban J connectivity index is 3.24. The quantitative estimate of drug-likeness (QED) is 0.790. The standard InChI is InChI=1S/C12H13N3O4S/c1-3-19-12(18)8-6(2)9(10(14)17)20-11(8)15-7(16)4-5-13/h3-4H2,1-2H3,(H2,14,17)(H,15,16). The molecule has 1 rings (SSSR count). The first-order valence-electron chi connectivity index (χ1n) is 5.69. The van der Waals surface area contributed by atoms with Crippen molar-refractivity contribution in [3.05, 3.63) is 16.0 Å². The molecule has 0 saturated carbocycles. The van der Waals surface area contributed by atoms with E-state index in [1.54, 1.807) is 19.9 Å². The van der Waals surface area contributed by atoms with E-state index < -0.39 is 17.8 Å². The second kappa shape index (κ2) is 6.68. The molecule has 106 valence electrons. The van der Waals surface area contributed by atoms with Crippen molar-refractivity contribution in [3.8, 4) is 6.07 Å². The van der Waals surface area contributed by atoms with Crippen LogP contribution < -0.4 is 11.1 Å². The molecular weight excluding hydrogens is 282 g/mol. The number of amides is 2. The van der Waals surface area contributed by atoms with Gasteiger partial charge in [-0.15, -0.1) is 11.3 Å². The van der Waals surface area contributed by atoms with Crippen LogP contribution >= 0.6 is 11.3 Å². The van der Waals surface area contributed by atoms with Gasteiger partial charge in [0.2, 0.25) is 5.91 Å². The zero-order valence-corrected chi connectivity index (χ0v) is 11.8. The van der Waals surface area contributed by atoms with Crippen LogP contribution in [-0.2, 0) is 9.53 Å². The van der Waals surface area contributed by atoms with Crippen LogP contribution in [0.4, 0.5) is 5.00 Å². The second-order valence-corrected chi connectivity index (χ2v) is 4.75. The molecule has 2 amide bonds. The van der Waals surface area contributed by atoms with E-state index in [1.807, 2.05) is 0 Å². The molecule has 0 spiro atoms. The number of carbonyl (C=O) groups is 3. The fourth-order valence-electron chi connectivity index (χ4n) is 1.53. The van der Waals surface area contributed by atoms with E-state index in [1.165, 1.54) is 0 Å². The maximum Gasteiger partial charge on any atom is 0.341 e. The van der Waals surface area contributed by atoms with Gasteiger partial charge < -0.3 is 15.8 Å². The third-order valence-electron chi connectivity index (χ3n) is 2.34. The van der Waals surface area contributed by atoms with E-state index in [0.29, 0.717) is 5.56 Å². The number of ether oxygens (including phenoxy) is 1. The summed E-state index contributed by atoms with van der Waals surface area (Å²) in [6.45, 7) is 3.34. The minimum atomic E-state index is -0.696. The predicted molar refractivity (Wildman–Crippen MR) is 72.4 cm³/mol. The molecule has 1 heterocycles. The molecule has 1 aromatic rings. The Morgan fingerprint density at radius 3 is 2.60 bits per heavy atom. The lowest BCUT2D eigenvalue weighted by Gasteiger charge is -2.05. The summed E-state index contributed by atoms with van der Waals surface area (Å²) in [4.78, 5) is 34.8. The summed E-state index contributed by atoms with van der Waals surface area (Å²) < 4.78 is 4.88.